The van der Waals surface area contributed by atoms with Crippen molar-refractivity contribution >= 4 is 34.9 Å². The SMILES string of the molecule is c1csc(CN2CCCC(NC3CSCCSC3)C2)c1. The van der Waals surface area contributed by atoms with E-state index in [1.807, 2.05) is 11.3 Å². The van der Waals surface area contributed by atoms with Crippen molar-refractivity contribution in [3.05, 3.63) is 22.4 Å². The van der Waals surface area contributed by atoms with Gasteiger partial charge in [-0.3, -0.25) is 4.90 Å². The number of thiophene rings is 1. The zero-order chi connectivity index (χ0) is 13.6. The molecule has 3 rings (SSSR count). The van der Waals surface area contributed by atoms with Crippen LogP contribution in [0.2, 0.25) is 0 Å². The molecule has 1 atom stereocenters. The summed E-state index contributed by atoms with van der Waals surface area (Å²) in [6.45, 7) is 3.64. The van der Waals surface area contributed by atoms with Crippen molar-refractivity contribution in [2.24, 2.45) is 0 Å². The van der Waals surface area contributed by atoms with Crippen LogP contribution in [0, 0.1) is 0 Å². The first-order valence-electron chi connectivity index (χ1n) is 7.56. The largest absolute Gasteiger partial charge is 0.308 e. The van der Waals surface area contributed by atoms with Crippen molar-refractivity contribution in [2.45, 2.75) is 31.5 Å². The van der Waals surface area contributed by atoms with E-state index >= 15 is 0 Å². The second-order valence-electron chi connectivity index (χ2n) is 5.67. The highest BCUT2D eigenvalue weighted by Gasteiger charge is 2.23. The Labute approximate surface area is 135 Å². The quantitative estimate of drug-likeness (QED) is 0.913. The molecule has 1 unspecified atom stereocenters. The van der Waals surface area contributed by atoms with Gasteiger partial charge in [0.25, 0.3) is 0 Å². The van der Waals surface area contributed by atoms with E-state index in [1.165, 1.54) is 53.8 Å². The maximum Gasteiger partial charge on any atom is 0.0328 e. The monoisotopic (exact) mass is 328 g/mol. The Morgan fingerprint density at radius 1 is 1.20 bits per heavy atom. The van der Waals surface area contributed by atoms with Gasteiger partial charge in [-0.25, -0.2) is 0 Å². The van der Waals surface area contributed by atoms with Crippen LogP contribution in [-0.4, -0.2) is 53.1 Å². The Morgan fingerprint density at radius 2 is 2.05 bits per heavy atom. The van der Waals surface area contributed by atoms with Gasteiger partial charge in [0.1, 0.15) is 0 Å². The summed E-state index contributed by atoms with van der Waals surface area (Å²) in [5.74, 6) is 5.26. The molecule has 112 valence electrons. The third kappa shape index (κ3) is 4.67. The molecule has 2 saturated heterocycles. The van der Waals surface area contributed by atoms with Gasteiger partial charge in [-0.1, -0.05) is 6.07 Å². The number of likely N-dealkylation sites (tertiary alicyclic amines) is 1. The molecular formula is C15H24N2S3. The third-order valence-electron chi connectivity index (χ3n) is 3.95. The van der Waals surface area contributed by atoms with Gasteiger partial charge in [0, 0.05) is 53.1 Å². The molecule has 0 amide bonds. The molecule has 20 heavy (non-hydrogen) atoms. The molecule has 2 aliphatic rings. The van der Waals surface area contributed by atoms with Gasteiger partial charge < -0.3 is 5.32 Å². The summed E-state index contributed by atoms with van der Waals surface area (Å²) in [7, 11) is 0. The average Bonchev–Trinajstić information content (AvgIpc) is 2.82. The second-order valence-corrected chi connectivity index (χ2v) is 9.00. The van der Waals surface area contributed by atoms with Crippen LogP contribution in [-0.2, 0) is 6.54 Å². The third-order valence-corrected chi connectivity index (χ3v) is 7.33. The molecule has 2 aliphatic heterocycles. The molecule has 1 aromatic rings. The highest BCUT2D eigenvalue weighted by atomic mass is 32.2. The van der Waals surface area contributed by atoms with Crippen LogP contribution >= 0.6 is 34.9 Å². The molecule has 5 heteroatoms. The number of rotatable bonds is 4. The fraction of sp³-hybridized carbons (Fsp3) is 0.733. The van der Waals surface area contributed by atoms with Crippen LogP contribution in [0.25, 0.3) is 0 Å². The molecule has 0 saturated carbocycles. The minimum absolute atomic E-state index is 0.702. The molecule has 0 bridgehead atoms. The van der Waals surface area contributed by atoms with Gasteiger partial charge in [0.05, 0.1) is 0 Å². The Balaban J connectivity index is 1.47. The van der Waals surface area contributed by atoms with Crippen LogP contribution in [0.5, 0.6) is 0 Å². The van der Waals surface area contributed by atoms with Crippen molar-refractivity contribution in [1.82, 2.24) is 10.2 Å². The molecule has 0 aromatic carbocycles. The summed E-state index contributed by atoms with van der Waals surface area (Å²) in [6, 6.07) is 5.85. The standard InChI is InChI=1S/C15H24N2S3/c1-3-13(16-14-11-18-7-8-19-12-14)9-17(5-1)10-15-4-2-6-20-15/h2,4,6,13-14,16H,1,3,5,7-12H2. The van der Waals surface area contributed by atoms with E-state index in [1.54, 1.807) is 0 Å². The Morgan fingerprint density at radius 3 is 2.80 bits per heavy atom. The lowest BCUT2D eigenvalue weighted by Gasteiger charge is -2.35. The molecule has 0 aliphatic carbocycles. The van der Waals surface area contributed by atoms with Crippen molar-refractivity contribution in [3.8, 4) is 0 Å². The number of piperidine rings is 1. The molecule has 2 fully saturated rings. The first kappa shape index (κ1) is 15.2. The lowest BCUT2D eigenvalue weighted by molar-refractivity contribution is 0.180. The van der Waals surface area contributed by atoms with Gasteiger partial charge in [-0.15, -0.1) is 11.3 Å². The molecule has 1 N–H and O–H groups in total. The minimum atomic E-state index is 0.702. The first-order valence-corrected chi connectivity index (χ1v) is 10.8. The zero-order valence-corrected chi connectivity index (χ0v) is 14.4. The minimum Gasteiger partial charge on any atom is -0.308 e. The van der Waals surface area contributed by atoms with Gasteiger partial charge >= 0.3 is 0 Å². The van der Waals surface area contributed by atoms with Crippen LogP contribution < -0.4 is 5.32 Å². The Hall–Kier alpha value is 0.320. The molecular weight excluding hydrogens is 304 g/mol. The maximum absolute atomic E-state index is 3.93. The molecule has 2 nitrogen and oxygen atoms in total. The summed E-state index contributed by atoms with van der Waals surface area (Å²) in [6.07, 6.45) is 2.70. The van der Waals surface area contributed by atoms with Crippen molar-refractivity contribution in [1.29, 1.82) is 0 Å². The van der Waals surface area contributed by atoms with E-state index < -0.39 is 0 Å². The smallest absolute Gasteiger partial charge is 0.0328 e. The van der Waals surface area contributed by atoms with E-state index in [4.69, 9.17) is 0 Å². The van der Waals surface area contributed by atoms with E-state index in [0.717, 1.165) is 12.6 Å². The van der Waals surface area contributed by atoms with Crippen LogP contribution in [0.3, 0.4) is 0 Å². The maximum atomic E-state index is 3.93. The topological polar surface area (TPSA) is 15.3 Å². The van der Waals surface area contributed by atoms with E-state index in [9.17, 15) is 0 Å². The number of nitrogens with zero attached hydrogens (tertiary/aromatic N) is 1. The highest BCUT2D eigenvalue weighted by Crippen LogP contribution is 2.20. The molecule has 3 heterocycles. The molecule has 0 spiro atoms. The summed E-state index contributed by atoms with van der Waals surface area (Å²) in [4.78, 5) is 4.13. The number of hydrogen-bond donors (Lipinski definition) is 1. The lowest BCUT2D eigenvalue weighted by Crippen LogP contribution is -2.50. The number of nitrogens with one attached hydrogen (secondary N) is 1. The normalized spacial score (nSPS) is 26.5. The number of thioether (sulfide) groups is 2. The van der Waals surface area contributed by atoms with Gasteiger partial charge in [-0.2, -0.15) is 23.5 Å². The summed E-state index contributed by atoms with van der Waals surface area (Å²) < 4.78 is 0. The number of hydrogen-bond acceptors (Lipinski definition) is 5. The zero-order valence-electron chi connectivity index (χ0n) is 11.9. The Bertz CT molecular complexity index is 374. The summed E-state index contributed by atoms with van der Waals surface area (Å²) in [5.41, 5.74) is 0. The predicted molar refractivity (Wildman–Crippen MR) is 94.2 cm³/mol. The van der Waals surface area contributed by atoms with Crippen LogP contribution in [0.4, 0.5) is 0 Å². The van der Waals surface area contributed by atoms with Crippen molar-refractivity contribution in [3.63, 3.8) is 0 Å². The van der Waals surface area contributed by atoms with Crippen molar-refractivity contribution < 1.29 is 0 Å². The Kier molecular flexibility index (Phi) is 6.15. The van der Waals surface area contributed by atoms with Crippen LogP contribution in [0.15, 0.2) is 17.5 Å². The highest BCUT2D eigenvalue weighted by molar-refractivity contribution is 8.03. The van der Waals surface area contributed by atoms with Crippen molar-refractivity contribution in [2.75, 3.05) is 36.1 Å². The van der Waals surface area contributed by atoms with Gasteiger partial charge in [0.2, 0.25) is 0 Å². The predicted octanol–water partition coefficient (Wildman–Crippen LogP) is 3.15. The van der Waals surface area contributed by atoms with Gasteiger partial charge in [0.15, 0.2) is 0 Å². The molecule has 0 radical (unpaired) electrons. The van der Waals surface area contributed by atoms with E-state index in [-0.39, 0.29) is 0 Å². The van der Waals surface area contributed by atoms with E-state index in [0.29, 0.717) is 6.04 Å². The molecule has 1 aromatic heterocycles. The summed E-state index contributed by atoms with van der Waals surface area (Å²) >= 11 is 6.13. The van der Waals surface area contributed by atoms with E-state index in [2.05, 4.69) is 51.3 Å². The van der Waals surface area contributed by atoms with Crippen LogP contribution in [0.1, 0.15) is 17.7 Å². The van der Waals surface area contributed by atoms with Gasteiger partial charge in [-0.05, 0) is 30.8 Å². The fourth-order valence-electron chi connectivity index (χ4n) is 3.00. The summed E-state index contributed by atoms with van der Waals surface area (Å²) in [5, 5.41) is 6.12. The first-order chi connectivity index (χ1) is 9.90. The fourth-order valence-corrected chi connectivity index (χ4v) is 6.17. The average molecular weight is 329 g/mol. The lowest BCUT2D eigenvalue weighted by atomic mass is 10.0. The second kappa shape index (κ2) is 8.08.